The Labute approximate surface area is 94.6 Å². The summed E-state index contributed by atoms with van der Waals surface area (Å²) in [6.45, 7) is 1.70. The molecule has 0 spiro atoms. The smallest absolute Gasteiger partial charge is 0.149 e. The van der Waals surface area contributed by atoms with Gasteiger partial charge in [-0.1, -0.05) is 0 Å². The highest BCUT2D eigenvalue weighted by Gasteiger charge is 2.11. The average molecular weight is 246 g/mol. The van der Waals surface area contributed by atoms with E-state index in [9.17, 15) is 12.8 Å². The molecule has 0 radical (unpaired) electrons. The van der Waals surface area contributed by atoms with Crippen LogP contribution in [0.1, 0.15) is 6.92 Å². The van der Waals surface area contributed by atoms with Crippen LogP contribution in [0, 0.1) is 5.82 Å². The lowest BCUT2D eigenvalue weighted by molar-refractivity contribution is 0.598. The molecule has 1 rings (SSSR count). The highest BCUT2D eigenvalue weighted by molar-refractivity contribution is 7.90. The summed E-state index contributed by atoms with van der Waals surface area (Å²) in [7, 11) is -3.06. The van der Waals surface area contributed by atoms with E-state index in [1.165, 1.54) is 18.2 Å². The SMILES string of the molecule is CC(CS(C)(=O)=O)Nc1cc(F)ccc1N. The first-order valence-corrected chi connectivity index (χ1v) is 6.83. The van der Waals surface area contributed by atoms with Crippen molar-refractivity contribution in [3.05, 3.63) is 24.0 Å². The van der Waals surface area contributed by atoms with E-state index in [1.807, 2.05) is 0 Å². The number of rotatable bonds is 4. The normalized spacial score (nSPS) is 13.4. The van der Waals surface area contributed by atoms with E-state index < -0.39 is 15.7 Å². The topological polar surface area (TPSA) is 72.2 Å². The monoisotopic (exact) mass is 246 g/mol. The molecule has 90 valence electrons. The number of nitrogens with two attached hydrogens (primary N) is 1. The highest BCUT2D eigenvalue weighted by Crippen LogP contribution is 2.20. The maximum atomic E-state index is 12.9. The number of nitrogen functional groups attached to an aromatic ring is 1. The first kappa shape index (κ1) is 12.8. The first-order chi connectivity index (χ1) is 7.28. The standard InChI is InChI=1S/C10H15FN2O2S/c1-7(6-16(2,14)15)13-10-5-8(11)3-4-9(10)12/h3-5,7,13H,6,12H2,1-2H3. The van der Waals surface area contributed by atoms with Gasteiger partial charge in [0.05, 0.1) is 17.1 Å². The van der Waals surface area contributed by atoms with Gasteiger partial charge in [-0.2, -0.15) is 0 Å². The third kappa shape index (κ3) is 4.06. The molecule has 1 aromatic rings. The Morgan fingerprint density at radius 1 is 1.50 bits per heavy atom. The minimum absolute atomic E-state index is 0.0248. The lowest BCUT2D eigenvalue weighted by atomic mass is 10.2. The molecule has 1 unspecified atom stereocenters. The number of sulfone groups is 1. The molecule has 0 aliphatic carbocycles. The van der Waals surface area contributed by atoms with Crippen molar-refractivity contribution in [1.82, 2.24) is 0 Å². The number of hydrogen-bond donors (Lipinski definition) is 2. The number of nitrogens with one attached hydrogen (secondary N) is 1. The minimum atomic E-state index is -3.06. The molecule has 0 amide bonds. The zero-order valence-electron chi connectivity index (χ0n) is 9.20. The Balaban J connectivity index is 2.77. The Morgan fingerprint density at radius 3 is 2.69 bits per heavy atom. The van der Waals surface area contributed by atoms with E-state index in [0.29, 0.717) is 11.4 Å². The molecule has 0 fully saturated rings. The molecule has 1 aromatic carbocycles. The quantitative estimate of drug-likeness (QED) is 0.784. The fourth-order valence-corrected chi connectivity index (χ4v) is 2.41. The van der Waals surface area contributed by atoms with Crippen LogP contribution in [0.3, 0.4) is 0 Å². The molecule has 0 aromatic heterocycles. The van der Waals surface area contributed by atoms with Crippen LogP contribution in [0.2, 0.25) is 0 Å². The van der Waals surface area contributed by atoms with E-state index in [-0.39, 0.29) is 11.8 Å². The van der Waals surface area contributed by atoms with E-state index in [4.69, 9.17) is 5.73 Å². The first-order valence-electron chi connectivity index (χ1n) is 4.77. The molecule has 0 bridgehead atoms. The summed E-state index contributed by atoms with van der Waals surface area (Å²) in [5.74, 6) is -0.439. The van der Waals surface area contributed by atoms with Gasteiger partial charge in [0.25, 0.3) is 0 Å². The van der Waals surface area contributed by atoms with Crippen LogP contribution >= 0.6 is 0 Å². The van der Waals surface area contributed by atoms with Crippen molar-refractivity contribution in [2.24, 2.45) is 0 Å². The fraction of sp³-hybridized carbons (Fsp3) is 0.400. The molecule has 0 aliphatic rings. The van der Waals surface area contributed by atoms with Crippen LogP contribution in [0.15, 0.2) is 18.2 Å². The fourth-order valence-electron chi connectivity index (χ4n) is 1.41. The largest absolute Gasteiger partial charge is 0.397 e. The Hall–Kier alpha value is -1.30. The molecule has 0 heterocycles. The predicted octanol–water partition coefficient (Wildman–Crippen LogP) is 1.25. The lowest BCUT2D eigenvalue weighted by Crippen LogP contribution is -2.25. The molecule has 6 heteroatoms. The average Bonchev–Trinajstić information content (AvgIpc) is 2.08. The van der Waals surface area contributed by atoms with Gasteiger partial charge in [-0.3, -0.25) is 0 Å². The maximum absolute atomic E-state index is 12.9. The summed E-state index contributed by atoms with van der Waals surface area (Å²) in [4.78, 5) is 0. The van der Waals surface area contributed by atoms with Gasteiger partial charge in [0.2, 0.25) is 0 Å². The van der Waals surface area contributed by atoms with Crippen LogP contribution in [0.5, 0.6) is 0 Å². The molecular formula is C10H15FN2O2S. The Kier molecular flexibility index (Phi) is 3.74. The molecule has 4 nitrogen and oxygen atoms in total. The Bertz CT molecular complexity index is 474. The van der Waals surface area contributed by atoms with E-state index >= 15 is 0 Å². The van der Waals surface area contributed by atoms with Gasteiger partial charge < -0.3 is 11.1 Å². The van der Waals surface area contributed by atoms with Gasteiger partial charge in [-0.05, 0) is 25.1 Å². The number of benzene rings is 1. The van der Waals surface area contributed by atoms with Crippen molar-refractivity contribution in [3.8, 4) is 0 Å². The van der Waals surface area contributed by atoms with Crippen LogP contribution in [0.4, 0.5) is 15.8 Å². The predicted molar refractivity (Wildman–Crippen MR) is 63.6 cm³/mol. The van der Waals surface area contributed by atoms with Gasteiger partial charge in [-0.15, -0.1) is 0 Å². The molecule has 0 saturated heterocycles. The van der Waals surface area contributed by atoms with Crippen molar-refractivity contribution in [2.75, 3.05) is 23.1 Å². The van der Waals surface area contributed by atoms with Crippen molar-refractivity contribution in [3.63, 3.8) is 0 Å². The summed E-state index contributed by atoms with van der Waals surface area (Å²) in [5.41, 5.74) is 6.43. The van der Waals surface area contributed by atoms with Gasteiger partial charge >= 0.3 is 0 Å². The molecule has 3 N–H and O–H groups in total. The zero-order valence-corrected chi connectivity index (χ0v) is 10.0. The zero-order chi connectivity index (χ0) is 12.3. The van der Waals surface area contributed by atoms with Crippen LogP contribution in [-0.2, 0) is 9.84 Å². The summed E-state index contributed by atoms with van der Waals surface area (Å²) in [6.07, 6.45) is 1.15. The summed E-state index contributed by atoms with van der Waals surface area (Å²) >= 11 is 0. The van der Waals surface area contributed by atoms with Crippen LogP contribution in [0.25, 0.3) is 0 Å². The molecule has 0 aliphatic heterocycles. The van der Waals surface area contributed by atoms with Crippen LogP contribution in [-0.4, -0.2) is 26.5 Å². The highest BCUT2D eigenvalue weighted by atomic mass is 32.2. The second kappa shape index (κ2) is 4.69. The summed E-state index contributed by atoms with van der Waals surface area (Å²) in [6, 6.07) is 3.61. The van der Waals surface area contributed by atoms with E-state index in [2.05, 4.69) is 5.32 Å². The lowest BCUT2D eigenvalue weighted by Gasteiger charge is -2.15. The van der Waals surface area contributed by atoms with Gasteiger partial charge in [0, 0.05) is 12.3 Å². The molecular weight excluding hydrogens is 231 g/mol. The maximum Gasteiger partial charge on any atom is 0.149 e. The van der Waals surface area contributed by atoms with Crippen molar-refractivity contribution in [2.45, 2.75) is 13.0 Å². The molecule has 1 atom stereocenters. The minimum Gasteiger partial charge on any atom is -0.397 e. The molecule has 0 saturated carbocycles. The van der Waals surface area contributed by atoms with Crippen LogP contribution < -0.4 is 11.1 Å². The van der Waals surface area contributed by atoms with Crippen molar-refractivity contribution >= 4 is 21.2 Å². The van der Waals surface area contributed by atoms with Gasteiger partial charge in [0.15, 0.2) is 0 Å². The third-order valence-electron chi connectivity index (χ3n) is 1.97. The van der Waals surface area contributed by atoms with Gasteiger partial charge in [-0.25, -0.2) is 12.8 Å². The molecule has 16 heavy (non-hydrogen) atoms. The Morgan fingerprint density at radius 2 is 2.12 bits per heavy atom. The number of anilines is 2. The van der Waals surface area contributed by atoms with Crippen molar-refractivity contribution < 1.29 is 12.8 Å². The van der Waals surface area contributed by atoms with E-state index in [1.54, 1.807) is 6.92 Å². The summed E-state index contributed by atoms with van der Waals surface area (Å²) < 4.78 is 35.0. The summed E-state index contributed by atoms with van der Waals surface area (Å²) in [5, 5.41) is 2.86. The third-order valence-corrected chi connectivity index (χ3v) is 3.08. The van der Waals surface area contributed by atoms with Gasteiger partial charge in [0.1, 0.15) is 15.7 Å². The number of halogens is 1. The second-order valence-electron chi connectivity index (χ2n) is 3.87. The van der Waals surface area contributed by atoms with E-state index in [0.717, 1.165) is 6.26 Å². The second-order valence-corrected chi connectivity index (χ2v) is 6.05. The van der Waals surface area contributed by atoms with Crippen molar-refractivity contribution in [1.29, 1.82) is 0 Å². The number of hydrogen-bond acceptors (Lipinski definition) is 4.